The van der Waals surface area contributed by atoms with Gasteiger partial charge in [0.05, 0.1) is 6.10 Å². The number of carbonyl (C=O) groups is 3. The highest BCUT2D eigenvalue weighted by Gasteiger charge is 2.78. The molecule has 34 heavy (non-hydrogen) atoms. The fraction of sp³-hybridized carbons (Fsp3) is 0.720. The van der Waals surface area contributed by atoms with Crippen LogP contribution >= 0.6 is 0 Å². The number of alkyl halides is 2. The van der Waals surface area contributed by atoms with Crippen molar-refractivity contribution in [1.82, 2.24) is 0 Å². The Kier molecular flexibility index (Phi) is 5.72. The van der Waals surface area contributed by atoms with Gasteiger partial charge in [0.15, 0.2) is 17.1 Å². The second kappa shape index (κ2) is 7.75. The number of fused-ring (bicyclic) bond motifs is 5. The van der Waals surface area contributed by atoms with Gasteiger partial charge in [-0.2, -0.15) is 0 Å². The Morgan fingerprint density at radius 2 is 1.88 bits per heavy atom. The number of aliphatic hydroxyl groups excluding tert-OH is 2. The third-order valence-electron chi connectivity index (χ3n) is 9.37. The van der Waals surface area contributed by atoms with Gasteiger partial charge < -0.3 is 14.9 Å². The first-order valence-corrected chi connectivity index (χ1v) is 11.8. The molecule has 0 aliphatic heterocycles. The average Bonchev–Trinajstić information content (AvgIpc) is 3.00. The van der Waals surface area contributed by atoms with Crippen LogP contribution in [0.1, 0.15) is 53.4 Å². The fourth-order valence-electron chi connectivity index (χ4n) is 7.85. The van der Waals surface area contributed by atoms with Gasteiger partial charge in [0, 0.05) is 34.7 Å². The second-order valence-electron chi connectivity index (χ2n) is 10.7. The third-order valence-corrected chi connectivity index (χ3v) is 9.37. The van der Waals surface area contributed by atoms with Crippen molar-refractivity contribution in [2.75, 3.05) is 6.61 Å². The molecule has 9 atom stereocenters. The Morgan fingerprint density at radius 1 is 1.24 bits per heavy atom. The topological polar surface area (TPSA) is 101 Å². The number of hydrogen-bond acceptors (Lipinski definition) is 6. The van der Waals surface area contributed by atoms with E-state index in [4.69, 9.17) is 4.74 Å². The molecule has 9 heteroatoms. The van der Waals surface area contributed by atoms with Gasteiger partial charge in [-0.1, -0.05) is 26.8 Å². The predicted molar refractivity (Wildman–Crippen MR) is 114 cm³/mol. The van der Waals surface area contributed by atoms with Crippen LogP contribution in [0.4, 0.5) is 13.2 Å². The van der Waals surface area contributed by atoms with Crippen LogP contribution in [0.15, 0.2) is 23.6 Å². The fourth-order valence-corrected chi connectivity index (χ4v) is 7.85. The van der Waals surface area contributed by atoms with E-state index >= 15 is 8.78 Å². The molecule has 0 bridgehead atoms. The number of esters is 1. The van der Waals surface area contributed by atoms with Crippen LogP contribution in [0.2, 0.25) is 0 Å². The number of halogens is 3. The van der Waals surface area contributed by atoms with Gasteiger partial charge in [-0.05, 0) is 38.2 Å². The number of aliphatic hydroxyl groups is 2. The minimum absolute atomic E-state index is 0.0379. The molecule has 4 aliphatic carbocycles. The summed E-state index contributed by atoms with van der Waals surface area (Å²) in [6.07, 6.45) is -2.44. The molecule has 0 aromatic carbocycles. The summed E-state index contributed by atoms with van der Waals surface area (Å²) in [4.78, 5) is 37.5. The van der Waals surface area contributed by atoms with E-state index in [1.807, 2.05) is 0 Å². The van der Waals surface area contributed by atoms with Crippen LogP contribution in [-0.4, -0.2) is 57.9 Å². The van der Waals surface area contributed by atoms with Gasteiger partial charge in [0.1, 0.15) is 12.8 Å². The summed E-state index contributed by atoms with van der Waals surface area (Å²) in [5, 5.41) is 21.1. The van der Waals surface area contributed by atoms with Crippen molar-refractivity contribution in [2.24, 2.45) is 28.6 Å². The van der Waals surface area contributed by atoms with Crippen molar-refractivity contribution in [2.45, 2.75) is 76.9 Å². The summed E-state index contributed by atoms with van der Waals surface area (Å²) < 4.78 is 53.2. The van der Waals surface area contributed by atoms with Crippen LogP contribution in [0.25, 0.3) is 0 Å². The number of Topliss-reactive ketones (excluding diaryl/α,β-unsaturated/α-hetero) is 1. The Labute approximate surface area is 196 Å². The molecule has 0 aromatic rings. The lowest BCUT2D eigenvalue weighted by Gasteiger charge is -2.63. The first-order valence-electron chi connectivity index (χ1n) is 11.8. The normalized spacial score (nSPS) is 47.7. The zero-order valence-electron chi connectivity index (χ0n) is 19.7. The summed E-state index contributed by atoms with van der Waals surface area (Å²) >= 11 is 0. The van der Waals surface area contributed by atoms with E-state index in [0.29, 0.717) is 0 Å². The van der Waals surface area contributed by atoms with Crippen LogP contribution in [0.5, 0.6) is 0 Å². The maximum absolute atomic E-state index is 17.2. The molecule has 0 radical (unpaired) electrons. The van der Waals surface area contributed by atoms with E-state index in [9.17, 15) is 29.0 Å². The second-order valence-corrected chi connectivity index (χ2v) is 10.7. The Morgan fingerprint density at radius 3 is 2.47 bits per heavy atom. The zero-order chi connectivity index (χ0) is 25.4. The van der Waals surface area contributed by atoms with Crippen LogP contribution in [0.3, 0.4) is 0 Å². The van der Waals surface area contributed by atoms with Crippen molar-refractivity contribution in [1.29, 1.82) is 0 Å². The lowest BCUT2D eigenvalue weighted by molar-refractivity contribution is -0.232. The van der Waals surface area contributed by atoms with E-state index in [-0.39, 0.29) is 19.3 Å². The quantitative estimate of drug-likeness (QED) is 0.595. The molecule has 0 amide bonds. The van der Waals surface area contributed by atoms with E-state index in [0.717, 1.165) is 12.2 Å². The largest absolute Gasteiger partial charge is 0.450 e. The van der Waals surface area contributed by atoms with E-state index in [2.05, 4.69) is 0 Å². The summed E-state index contributed by atoms with van der Waals surface area (Å²) in [5.74, 6) is -6.33. The number of allylic oxidation sites excluding steroid dienone is 4. The molecule has 3 saturated carbocycles. The van der Waals surface area contributed by atoms with Crippen LogP contribution in [0, 0.1) is 28.6 Å². The summed E-state index contributed by atoms with van der Waals surface area (Å²) in [6, 6.07) is 0. The Hall–Kier alpha value is -2.00. The minimum Gasteiger partial charge on any atom is -0.450 e. The van der Waals surface area contributed by atoms with Gasteiger partial charge in [-0.15, -0.1) is 0 Å². The maximum atomic E-state index is 17.2. The van der Waals surface area contributed by atoms with Gasteiger partial charge in [-0.25, -0.2) is 13.2 Å². The van der Waals surface area contributed by atoms with Gasteiger partial charge in [0.25, 0.3) is 0 Å². The molecule has 0 saturated heterocycles. The molecular weight excluding hydrogens is 453 g/mol. The molecule has 188 valence electrons. The Bertz CT molecular complexity index is 1010. The highest BCUT2D eigenvalue weighted by molar-refractivity contribution is 6.04. The van der Waals surface area contributed by atoms with Crippen molar-refractivity contribution in [3.8, 4) is 0 Å². The first kappa shape index (κ1) is 25.1. The standard InChI is InChI=1S/C25H31F3O6/c1-5-19(33)34-25(18(32)11-29)12(2)8-13-14-9-15(26)20-21(27)16(30)6-7-22(20,3)24(14,28)17(31)10-23(13,25)4/h6-7,12-15,17,29,31H,5,8-11H2,1-4H3/t12-,13-,14-,15-,17-,22-,23-,24-,25-/m0/s1. The van der Waals surface area contributed by atoms with E-state index < -0.39 is 94.1 Å². The molecule has 0 spiro atoms. The van der Waals surface area contributed by atoms with E-state index in [1.165, 1.54) is 6.92 Å². The number of ether oxygens (including phenoxy) is 1. The molecular formula is C25H31F3O6. The summed E-state index contributed by atoms with van der Waals surface area (Å²) in [6.45, 7) is 5.20. The maximum Gasteiger partial charge on any atom is 0.306 e. The minimum atomic E-state index is -2.53. The monoisotopic (exact) mass is 484 g/mol. The molecule has 2 N–H and O–H groups in total. The van der Waals surface area contributed by atoms with Crippen molar-refractivity contribution < 1.29 is 42.5 Å². The van der Waals surface area contributed by atoms with Crippen LogP contribution < -0.4 is 0 Å². The highest BCUT2D eigenvalue weighted by Crippen LogP contribution is 2.72. The highest BCUT2D eigenvalue weighted by atomic mass is 19.2. The molecule has 3 fully saturated rings. The smallest absolute Gasteiger partial charge is 0.306 e. The summed E-state index contributed by atoms with van der Waals surface area (Å²) in [7, 11) is 0. The predicted octanol–water partition coefficient (Wildman–Crippen LogP) is 3.10. The molecule has 4 rings (SSSR count). The van der Waals surface area contributed by atoms with Crippen molar-refractivity contribution >= 4 is 17.5 Å². The average molecular weight is 485 g/mol. The number of carbonyl (C=O) groups excluding carboxylic acids is 3. The number of ketones is 2. The molecule has 0 aromatic heterocycles. The van der Waals surface area contributed by atoms with Gasteiger partial charge >= 0.3 is 5.97 Å². The molecule has 6 nitrogen and oxygen atoms in total. The first-order chi connectivity index (χ1) is 15.8. The van der Waals surface area contributed by atoms with Crippen LogP contribution in [-0.2, 0) is 19.1 Å². The number of rotatable bonds is 4. The van der Waals surface area contributed by atoms with Crippen molar-refractivity contribution in [3.63, 3.8) is 0 Å². The lowest BCUT2D eigenvalue weighted by Crippen LogP contribution is -2.71. The Balaban J connectivity index is 1.90. The van der Waals surface area contributed by atoms with Gasteiger partial charge in [-0.3, -0.25) is 14.4 Å². The van der Waals surface area contributed by atoms with Gasteiger partial charge in [0.2, 0.25) is 11.6 Å². The summed E-state index contributed by atoms with van der Waals surface area (Å²) in [5.41, 5.74) is -8.17. The number of hydrogen-bond donors (Lipinski definition) is 2. The lowest BCUT2D eigenvalue weighted by atomic mass is 9.44. The van der Waals surface area contributed by atoms with Crippen molar-refractivity contribution in [3.05, 3.63) is 23.6 Å². The zero-order valence-corrected chi connectivity index (χ0v) is 19.7. The van der Waals surface area contributed by atoms with E-state index in [1.54, 1.807) is 20.8 Å². The molecule has 0 heterocycles. The molecule has 0 unspecified atom stereocenters. The third kappa shape index (κ3) is 2.74. The SMILES string of the molecule is CCC(=O)O[C@]1(C(=O)CO)[C@@H](C)C[C@H]2[C@@H]3C[C@H](F)C4=C(F)C(=O)C=C[C@]4(C)[C@@]3(F)[C@@H](O)C[C@@]21C. The molecule has 4 aliphatic rings.